The Hall–Kier alpha value is -1.30. The molecule has 0 aromatic heterocycles. The quantitative estimate of drug-likeness (QED) is 0.625. The topological polar surface area (TPSA) is 73.6 Å². The van der Waals surface area contributed by atoms with Crippen molar-refractivity contribution < 1.29 is 14.3 Å². The molecule has 1 unspecified atom stereocenters. The zero-order valence-electron chi connectivity index (χ0n) is 11.2. The Kier molecular flexibility index (Phi) is 5.64. The lowest BCUT2D eigenvalue weighted by molar-refractivity contribution is -0.116. The molecule has 1 fully saturated rings. The summed E-state index contributed by atoms with van der Waals surface area (Å²) in [6, 6.07) is 5.03. The van der Waals surface area contributed by atoms with Crippen LogP contribution in [-0.4, -0.2) is 31.8 Å². The van der Waals surface area contributed by atoms with Crippen LogP contribution in [0, 0.1) is 0 Å². The van der Waals surface area contributed by atoms with Crippen LogP contribution in [0.25, 0.3) is 0 Å². The molecule has 1 atom stereocenters. The fraction of sp³-hybridized carbons (Fsp3) is 0.500. The van der Waals surface area contributed by atoms with Crippen LogP contribution in [0.5, 0.6) is 0 Å². The second-order valence-electron chi connectivity index (χ2n) is 4.74. The normalized spacial score (nSPS) is 18.1. The fourth-order valence-electron chi connectivity index (χ4n) is 1.97. The summed E-state index contributed by atoms with van der Waals surface area (Å²) in [6.07, 6.45) is 2.23. The van der Waals surface area contributed by atoms with Gasteiger partial charge in [0.25, 0.3) is 0 Å². The SMILES string of the molecule is Nc1cc(NC(=O)CCCOC2CCOC2)ccc1Cl. The zero-order valence-corrected chi connectivity index (χ0v) is 12.0. The van der Waals surface area contributed by atoms with Crippen molar-refractivity contribution in [3.8, 4) is 0 Å². The summed E-state index contributed by atoms with van der Waals surface area (Å²) in [5.41, 5.74) is 6.78. The van der Waals surface area contributed by atoms with Crippen LogP contribution >= 0.6 is 11.6 Å². The average Bonchev–Trinajstić information content (AvgIpc) is 2.92. The number of amides is 1. The highest BCUT2D eigenvalue weighted by atomic mass is 35.5. The van der Waals surface area contributed by atoms with Crippen molar-refractivity contribution in [1.29, 1.82) is 0 Å². The van der Waals surface area contributed by atoms with Crippen molar-refractivity contribution in [2.24, 2.45) is 0 Å². The van der Waals surface area contributed by atoms with E-state index in [9.17, 15) is 4.79 Å². The second kappa shape index (κ2) is 7.47. The summed E-state index contributed by atoms with van der Waals surface area (Å²) in [6.45, 7) is 2.00. The van der Waals surface area contributed by atoms with E-state index in [1.54, 1.807) is 18.2 Å². The first kappa shape index (κ1) is 15.1. The second-order valence-corrected chi connectivity index (χ2v) is 5.15. The van der Waals surface area contributed by atoms with E-state index >= 15 is 0 Å². The van der Waals surface area contributed by atoms with Crippen LogP contribution in [0.15, 0.2) is 18.2 Å². The van der Waals surface area contributed by atoms with Gasteiger partial charge in [0.15, 0.2) is 0 Å². The van der Waals surface area contributed by atoms with Gasteiger partial charge in [-0.2, -0.15) is 0 Å². The maximum Gasteiger partial charge on any atom is 0.224 e. The summed E-state index contributed by atoms with van der Waals surface area (Å²) in [7, 11) is 0. The number of nitrogens with two attached hydrogens (primary N) is 1. The lowest BCUT2D eigenvalue weighted by Gasteiger charge is -2.10. The Bertz CT molecular complexity index is 462. The highest BCUT2D eigenvalue weighted by Crippen LogP contribution is 2.22. The largest absolute Gasteiger partial charge is 0.397 e. The molecule has 1 aromatic rings. The van der Waals surface area contributed by atoms with E-state index in [1.165, 1.54) is 0 Å². The highest BCUT2D eigenvalue weighted by molar-refractivity contribution is 6.33. The first-order chi connectivity index (χ1) is 9.65. The number of anilines is 2. The first-order valence-electron chi connectivity index (χ1n) is 6.69. The number of hydrogen-bond donors (Lipinski definition) is 2. The Morgan fingerprint density at radius 2 is 2.40 bits per heavy atom. The van der Waals surface area contributed by atoms with Crippen molar-refractivity contribution in [3.63, 3.8) is 0 Å². The average molecular weight is 299 g/mol. The third kappa shape index (κ3) is 4.67. The fourth-order valence-corrected chi connectivity index (χ4v) is 2.09. The van der Waals surface area contributed by atoms with Crippen molar-refractivity contribution in [2.75, 3.05) is 30.9 Å². The number of nitrogen functional groups attached to an aromatic ring is 1. The molecular weight excluding hydrogens is 280 g/mol. The number of halogens is 1. The van der Waals surface area contributed by atoms with E-state index in [4.69, 9.17) is 26.8 Å². The standard InChI is InChI=1S/C14H19ClN2O3/c15-12-4-3-10(8-13(12)16)17-14(18)2-1-6-20-11-5-7-19-9-11/h3-4,8,11H,1-2,5-7,9,16H2,(H,17,18). The summed E-state index contributed by atoms with van der Waals surface area (Å²) < 4.78 is 10.8. The number of benzene rings is 1. The molecule has 1 aliphatic heterocycles. The molecule has 20 heavy (non-hydrogen) atoms. The lowest BCUT2D eigenvalue weighted by atomic mass is 10.2. The van der Waals surface area contributed by atoms with Gasteiger partial charge in [-0.3, -0.25) is 4.79 Å². The summed E-state index contributed by atoms with van der Waals surface area (Å²) in [5, 5.41) is 3.26. The number of rotatable bonds is 6. The van der Waals surface area contributed by atoms with E-state index in [0.717, 1.165) is 13.0 Å². The molecule has 2 rings (SSSR count). The zero-order chi connectivity index (χ0) is 14.4. The minimum Gasteiger partial charge on any atom is -0.397 e. The van der Waals surface area contributed by atoms with Crippen molar-refractivity contribution in [2.45, 2.75) is 25.4 Å². The van der Waals surface area contributed by atoms with Crippen LogP contribution in [0.2, 0.25) is 5.02 Å². The van der Waals surface area contributed by atoms with E-state index < -0.39 is 0 Å². The van der Waals surface area contributed by atoms with Crippen LogP contribution < -0.4 is 11.1 Å². The van der Waals surface area contributed by atoms with Gasteiger partial charge in [0, 0.05) is 25.3 Å². The van der Waals surface area contributed by atoms with Crippen LogP contribution in [-0.2, 0) is 14.3 Å². The number of carbonyl (C=O) groups is 1. The van der Waals surface area contributed by atoms with Crippen LogP contribution in [0.1, 0.15) is 19.3 Å². The first-order valence-corrected chi connectivity index (χ1v) is 7.07. The molecule has 0 saturated carbocycles. The highest BCUT2D eigenvalue weighted by Gasteiger charge is 2.15. The van der Waals surface area contributed by atoms with Gasteiger partial charge in [0.1, 0.15) is 0 Å². The van der Waals surface area contributed by atoms with Crippen molar-refractivity contribution in [3.05, 3.63) is 23.2 Å². The smallest absolute Gasteiger partial charge is 0.224 e. The van der Waals surface area contributed by atoms with Gasteiger partial charge >= 0.3 is 0 Å². The Labute approximate surface area is 123 Å². The van der Waals surface area contributed by atoms with E-state index in [2.05, 4.69) is 5.32 Å². The Morgan fingerprint density at radius 1 is 1.55 bits per heavy atom. The molecule has 1 aliphatic rings. The van der Waals surface area contributed by atoms with Gasteiger partial charge in [0.2, 0.25) is 5.91 Å². The molecule has 3 N–H and O–H groups in total. The Morgan fingerprint density at radius 3 is 3.10 bits per heavy atom. The van der Waals surface area contributed by atoms with Gasteiger partial charge < -0.3 is 20.5 Å². The number of nitrogens with one attached hydrogen (secondary N) is 1. The maximum atomic E-state index is 11.7. The summed E-state index contributed by atoms with van der Waals surface area (Å²) in [4.78, 5) is 11.7. The van der Waals surface area contributed by atoms with Gasteiger partial charge in [-0.05, 0) is 31.0 Å². The molecular formula is C14H19ClN2O3. The van der Waals surface area contributed by atoms with E-state index in [-0.39, 0.29) is 12.0 Å². The monoisotopic (exact) mass is 298 g/mol. The summed E-state index contributed by atoms with van der Waals surface area (Å²) >= 11 is 5.82. The maximum absolute atomic E-state index is 11.7. The van der Waals surface area contributed by atoms with Gasteiger partial charge in [-0.1, -0.05) is 11.6 Å². The molecule has 0 radical (unpaired) electrons. The molecule has 0 aliphatic carbocycles. The van der Waals surface area contributed by atoms with E-state index in [0.29, 0.717) is 42.5 Å². The Balaban J connectivity index is 1.65. The lowest BCUT2D eigenvalue weighted by Crippen LogP contribution is -2.16. The van der Waals surface area contributed by atoms with Gasteiger partial charge in [0.05, 0.1) is 23.4 Å². The molecule has 1 amide bonds. The molecule has 6 heteroatoms. The molecule has 0 spiro atoms. The number of carbonyl (C=O) groups excluding carboxylic acids is 1. The predicted molar refractivity (Wildman–Crippen MR) is 78.9 cm³/mol. The molecule has 1 aromatic carbocycles. The van der Waals surface area contributed by atoms with Gasteiger partial charge in [-0.25, -0.2) is 0 Å². The van der Waals surface area contributed by atoms with E-state index in [1.807, 2.05) is 0 Å². The van der Waals surface area contributed by atoms with Crippen molar-refractivity contribution >= 4 is 28.9 Å². The van der Waals surface area contributed by atoms with Gasteiger partial charge in [-0.15, -0.1) is 0 Å². The molecule has 0 bridgehead atoms. The predicted octanol–water partition coefficient (Wildman–Crippen LogP) is 2.45. The molecule has 1 saturated heterocycles. The minimum absolute atomic E-state index is 0.0574. The van der Waals surface area contributed by atoms with Crippen LogP contribution in [0.3, 0.4) is 0 Å². The van der Waals surface area contributed by atoms with Crippen molar-refractivity contribution in [1.82, 2.24) is 0 Å². The summed E-state index contributed by atoms with van der Waals surface area (Å²) in [5.74, 6) is -0.0574. The number of ether oxygens (including phenoxy) is 2. The van der Waals surface area contributed by atoms with Crippen LogP contribution in [0.4, 0.5) is 11.4 Å². The third-order valence-corrected chi connectivity index (χ3v) is 3.41. The minimum atomic E-state index is -0.0574. The molecule has 1 heterocycles. The molecule has 5 nitrogen and oxygen atoms in total. The number of hydrogen-bond acceptors (Lipinski definition) is 4. The third-order valence-electron chi connectivity index (χ3n) is 3.07. The molecule has 110 valence electrons.